The van der Waals surface area contributed by atoms with E-state index in [0.29, 0.717) is 0 Å². The van der Waals surface area contributed by atoms with E-state index in [1.807, 2.05) is 0 Å². The summed E-state index contributed by atoms with van der Waals surface area (Å²) in [6, 6.07) is 10.7. The number of Topliss-reactive ketones (excluding diaryl/α,β-unsaturated/α-hetero) is 1. The fraction of sp³-hybridized carbons (Fsp3) is 0.0714. The molecule has 0 aliphatic heterocycles. The number of para-hydroxylation sites is 1. The van der Waals surface area contributed by atoms with Gasteiger partial charge in [-0.05, 0) is 43.3 Å². The van der Waals surface area contributed by atoms with Gasteiger partial charge >= 0.3 is 0 Å². The minimum absolute atomic E-state index is 0.0720. The lowest BCUT2D eigenvalue weighted by Gasteiger charge is -2.10. The summed E-state index contributed by atoms with van der Waals surface area (Å²) < 4.78 is 39.4. The first kappa shape index (κ1) is 14.2. The molecule has 0 amide bonds. The zero-order chi connectivity index (χ0) is 14.8. The maximum Gasteiger partial charge on any atom is 0.261 e. The van der Waals surface area contributed by atoms with Crippen LogP contribution in [0.4, 0.5) is 10.1 Å². The van der Waals surface area contributed by atoms with Crippen LogP contribution in [0.3, 0.4) is 0 Å². The molecular formula is C14H12FNO3S. The average molecular weight is 293 g/mol. The largest absolute Gasteiger partial charge is 0.294 e. The van der Waals surface area contributed by atoms with E-state index >= 15 is 0 Å². The Morgan fingerprint density at radius 2 is 1.65 bits per heavy atom. The van der Waals surface area contributed by atoms with Gasteiger partial charge in [0, 0.05) is 5.56 Å². The van der Waals surface area contributed by atoms with Gasteiger partial charge in [0.25, 0.3) is 10.0 Å². The van der Waals surface area contributed by atoms with Crippen molar-refractivity contribution >= 4 is 21.5 Å². The molecule has 0 aromatic heterocycles. The minimum Gasteiger partial charge on any atom is -0.294 e. The number of sulfonamides is 1. The molecule has 0 heterocycles. The molecule has 0 atom stereocenters. The topological polar surface area (TPSA) is 63.2 Å². The predicted octanol–water partition coefficient (Wildman–Crippen LogP) is 2.83. The van der Waals surface area contributed by atoms with Crippen molar-refractivity contribution in [3.63, 3.8) is 0 Å². The summed E-state index contributed by atoms with van der Waals surface area (Å²) in [4.78, 5) is 11.4. The Morgan fingerprint density at radius 1 is 1.05 bits per heavy atom. The van der Waals surface area contributed by atoms with Crippen molar-refractivity contribution in [1.82, 2.24) is 0 Å². The van der Waals surface area contributed by atoms with E-state index in [2.05, 4.69) is 4.72 Å². The molecule has 0 unspecified atom stereocenters. The maximum absolute atomic E-state index is 12.8. The van der Waals surface area contributed by atoms with Crippen molar-refractivity contribution in [3.8, 4) is 0 Å². The second kappa shape index (κ2) is 5.42. The molecule has 0 saturated heterocycles. The quantitative estimate of drug-likeness (QED) is 0.882. The van der Waals surface area contributed by atoms with Crippen LogP contribution in [-0.4, -0.2) is 14.2 Å². The van der Waals surface area contributed by atoms with Crippen molar-refractivity contribution in [1.29, 1.82) is 0 Å². The van der Waals surface area contributed by atoms with Gasteiger partial charge in [-0.3, -0.25) is 9.52 Å². The van der Waals surface area contributed by atoms with E-state index in [1.54, 1.807) is 12.1 Å². The highest BCUT2D eigenvalue weighted by Crippen LogP contribution is 2.20. The molecule has 2 aromatic carbocycles. The lowest BCUT2D eigenvalue weighted by molar-refractivity contribution is 0.101. The molecule has 104 valence electrons. The third-order valence-corrected chi connectivity index (χ3v) is 4.06. The van der Waals surface area contributed by atoms with Crippen LogP contribution < -0.4 is 4.72 Å². The molecule has 0 aliphatic carbocycles. The molecule has 4 nitrogen and oxygen atoms in total. The van der Waals surface area contributed by atoms with Crippen molar-refractivity contribution in [2.24, 2.45) is 0 Å². The van der Waals surface area contributed by atoms with E-state index in [9.17, 15) is 17.6 Å². The Morgan fingerprint density at radius 3 is 2.25 bits per heavy atom. The summed E-state index contributed by atoms with van der Waals surface area (Å²) >= 11 is 0. The Balaban J connectivity index is 2.38. The van der Waals surface area contributed by atoms with Crippen LogP contribution in [0.1, 0.15) is 17.3 Å². The maximum atomic E-state index is 12.8. The first-order chi connectivity index (χ1) is 9.40. The van der Waals surface area contributed by atoms with Crippen LogP contribution in [0.25, 0.3) is 0 Å². The summed E-state index contributed by atoms with van der Waals surface area (Å²) in [5, 5.41) is 0. The van der Waals surface area contributed by atoms with Crippen molar-refractivity contribution in [2.45, 2.75) is 11.8 Å². The number of ketones is 1. The molecule has 0 spiro atoms. The fourth-order valence-corrected chi connectivity index (χ4v) is 2.78. The van der Waals surface area contributed by atoms with Crippen LogP contribution in [0.15, 0.2) is 53.4 Å². The van der Waals surface area contributed by atoms with Gasteiger partial charge in [-0.15, -0.1) is 0 Å². The molecule has 0 fully saturated rings. The number of rotatable bonds is 4. The molecule has 20 heavy (non-hydrogen) atoms. The number of anilines is 1. The van der Waals surface area contributed by atoms with Gasteiger partial charge in [0.1, 0.15) is 5.82 Å². The molecule has 2 aromatic rings. The SMILES string of the molecule is CC(=O)c1ccccc1NS(=O)(=O)c1ccc(F)cc1. The third kappa shape index (κ3) is 3.03. The van der Waals surface area contributed by atoms with Gasteiger partial charge in [0.2, 0.25) is 0 Å². The summed E-state index contributed by atoms with van der Waals surface area (Å²) in [7, 11) is -3.86. The highest BCUT2D eigenvalue weighted by molar-refractivity contribution is 7.92. The monoisotopic (exact) mass is 293 g/mol. The zero-order valence-corrected chi connectivity index (χ0v) is 11.4. The molecule has 6 heteroatoms. The summed E-state index contributed by atoms with van der Waals surface area (Å²) in [6.45, 7) is 1.35. The van der Waals surface area contributed by atoms with Gasteiger partial charge in [-0.25, -0.2) is 12.8 Å². The van der Waals surface area contributed by atoms with Crippen LogP contribution in [-0.2, 0) is 10.0 Å². The van der Waals surface area contributed by atoms with Gasteiger partial charge < -0.3 is 0 Å². The van der Waals surface area contributed by atoms with Crippen LogP contribution >= 0.6 is 0 Å². The third-order valence-electron chi connectivity index (χ3n) is 2.67. The molecule has 0 bridgehead atoms. The highest BCUT2D eigenvalue weighted by Gasteiger charge is 2.17. The smallest absolute Gasteiger partial charge is 0.261 e. The van der Waals surface area contributed by atoms with Gasteiger partial charge in [0.15, 0.2) is 5.78 Å². The van der Waals surface area contributed by atoms with Crippen molar-refractivity contribution in [2.75, 3.05) is 4.72 Å². The number of nitrogens with one attached hydrogen (secondary N) is 1. The van der Waals surface area contributed by atoms with E-state index in [-0.39, 0.29) is 21.9 Å². The zero-order valence-electron chi connectivity index (χ0n) is 10.6. The van der Waals surface area contributed by atoms with E-state index < -0.39 is 15.8 Å². The Hall–Kier alpha value is -2.21. The summed E-state index contributed by atoms with van der Waals surface area (Å²) in [5.41, 5.74) is 0.475. The van der Waals surface area contributed by atoms with E-state index in [4.69, 9.17) is 0 Å². The van der Waals surface area contributed by atoms with Crippen LogP contribution in [0, 0.1) is 5.82 Å². The molecule has 1 N–H and O–H groups in total. The Labute approximate surface area is 116 Å². The standard InChI is InChI=1S/C14H12FNO3S/c1-10(17)13-4-2-3-5-14(13)16-20(18,19)12-8-6-11(15)7-9-12/h2-9,16H,1H3. The molecule has 2 rings (SSSR count). The number of hydrogen-bond acceptors (Lipinski definition) is 3. The average Bonchev–Trinajstić information content (AvgIpc) is 2.39. The highest BCUT2D eigenvalue weighted by atomic mass is 32.2. The molecular weight excluding hydrogens is 281 g/mol. The lowest BCUT2D eigenvalue weighted by atomic mass is 10.1. The predicted molar refractivity (Wildman–Crippen MR) is 73.7 cm³/mol. The Kier molecular flexibility index (Phi) is 3.85. The first-order valence-corrected chi connectivity index (χ1v) is 7.27. The number of carbonyl (C=O) groups is 1. The second-order valence-corrected chi connectivity index (χ2v) is 5.84. The number of carbonyl (C=O) groups excluding carboxylic acids is 1. The minimum atomic E-state index is -3.86. The normalized spacial score (nSPS) is 11.1. The van der Waals surface area contributed by atoms with Crippen molar-refractivity contribution in [3.05, 3.63) is 59.9 Å². The van der Waals surface area contributed by atoms with E-state index in [1.165, 1.54) is 19.1 Å². The van der Waals surface area contributed by atoms with Gasteiger partial charge in [-0.2, -0.15) is 0 Å². The second-order valence-electron chi connectivity index (χ2n) is 4.16. The molecule has 0 aliphatic rings. The Bertz CT molecular complexity index is 739. The van der Waals surface area contributed by atoms with Crippen LogP contribution in [0.2, 0.25) is 0 Å². The summed E-state index contributed by atoms with van der Waals surface area (Å²) in [5.74, 6) is -0.768. The van der Waals surface area contributed by atoms with Gasteiger partial charge in [0.05, 0.1) is 10.6 Å². The van der Waals surface area contributed by atoms with E-state index in [0.717, 1.165) is 24.3 Å². The molecule has 0 radical (unpaired) electrons. The summed E-state index contributed by atoms with van der Waals surface area (Å²) in [6.07, 6.45) is 0. The lowest BCUT2D eigenvalue weighted by Crippen LogP contribution is -2.15. The number of hydrogen-bond donors (Lipinski definition) is 1. The number of halogens is 1. The number of benzene rings is 2. The first-order valence-electron chi connectivity index (χ1n) is 5.78. The van der Waals surface area contributed by atoms with Gasteiger partial charge in [-0.1, -0.05) is 12.1 Å². The van der Waals surface area contributed by atoms with Crippen LogP contribution in [0.5, 0.6) is 0 Å². The molecule has 0 saturated carbocycles. The van der Waals surface area contributed by atoms with Crippen molar-refractivity contribution < 1.29 is 17.6 Å². The fourth-order valence-electron chi connectivity index (χ4n) is 1.70.